The number of carbonyl (C=O) groups is 2. The number of hydrogen-bond acceptors (Lipinski definition) is 4. The summed E-state index contributed by atoms with van der Waals surface area (Å²) in [5.74, 6) is -0.598. The van der Waals surface area contributed by atoms with Crippen molar-refractivity contribution in [1.29, 1.82) is 0 Å². The fourth-order valence-electron chi connectivity index (χ4n) is 3.17. The number of fused-ring (bicyclic) bond motifs is 1. The molecule has 0 unspecified atom stereocenters. The molecule has 0 spiro atoms. The fourth-order valence-corrected chi connectivity index (χ4v) is 3.17. The summed E-state index contributed by atoms with van der Waals surface area (Å²) in [6.45, 7) is 5.80. The number of hydrogen-bond donors (Lipinski definition) is 0. The van der Waals surface area contributed by atoms with Crippen LogP contribution >= 0.6 is 0 Å². The van der Waals surface area contributed by atoms with Crippen molar-refractivity contribution in [3.05, 3.63) is 70.5 Å². The summed E-state index contributed by atoms with van der Waals surface area (Å²) in [6.07, 6.45) is 3.28. The first-order chi connectivity index (χ1) is 13.0. The molecule has 1 heterocycles. The first-order valence-electron chi connectivity index (χ1n) is 9.29. The minimum Gasteiger partial charge on any atom is -0.464 e. The van der Waals surface area contributed by atoms with Crippen molar-refractivity contribution in [2.75, 3.05) is 6.61 Å². The predicted octanol–water partition coefficient (Wildman–Crippen LogP) is 4.83. The van der Waals surface area contributed by atoms with Gasteiger partial charge in [0.15, 0.2) is 6.61 Å². The van der Waals surface area contributed by atoms with Gasteiger partial charge in [-0.2, -0.15) is 0 Å². The zero-order chi connectivity index (χ0) is 19.4. The Morgan fingerprint density at radius 2 is 1.81 bits per heavy atom. The molecular weight excluding hydrogens is 340 g/mol. The highest BCUT2D eigenvalue weighted by molar-refractivity contribution is 5.99. The number of rotatable bonds is 7. The van der Waals surface area contributed by atoms with E-state index in [2.05, 4.69) is 0 Å². The van der Waals surface area contributed by atoms with E-state index < -0.39 is 5.97 Å². The third-order valence-electron chi connectivity index (χ3n) is 4.77. The maximum absolute atomic E-state index is 12.6. The summed E-state index contributed by atoms with van der Waals surface area (Å²) in [5, 5.41) is 0.896. The molecule has 0 saturated heterocycles. The SMILES string of the molecule is CCc1ccc(CC)c(C(=O)COC(=O)Cc2coc3cc(C)ccc23)c1. The third-order valence-corrected chi connectivity index (χ3v) is 4.77. The second kappa shape index (κ2) is 8.21. The smallest absolute Gasteiger partial charge is 0.310 e. The van der Waals surface area contributed by atoms with Crippen LogP contribution in [-0.2, 0) is 28.8 Å². The van der Waals surface area contributed by atoms with Crippen LogP contribution in [0.3, 0.4) is 0 Å². The number of furan rings is 1. The second-order valence-corrected chi connectivity index (χ2v) is 6.72. The van der Waals surface area contributed by atoms with E-state index in [1.807, 2.05) is 57.2 Å². The van der Waals surface area contributed by atoms with Crippen molar-refractivity contribution < 1.29 is 18.7 Å². The number of carbonyl (C=O) groups excluding carboxylic acids is 2. The molecule has 0 aliphatic rings. The molecule has 0 fully saturated rings. The molecule has 0 aliphatic heterocycles. The molecular formula is C23H24O4. The molecule has 4 nitrogen and oxygen atoms in total. The molecule has 0 bridgehead atoms. The van der Waals surface area contributed by atoms with E-state index in [4.69, 9.17) is 9.15 Å². The van der Waals surface area contributed by atoms with Crippen LogP contribution in [0.25, 0.3) is 11.0 Å². The Kier molecular flexibility index (Phi) is 5.75. The van der Waals surface area contributed by atoms with E-state index in [1.54, 1.807) is 6.26 Å². The number of Topliss-reactive ketones (excluding diaryl/α,β-unsaturated/α-hetero) is 1. The van der Waals surface area contributed by atoms with Gasteiger partial charge in [0.25, 0.3) is 0 Å². The molecule has 0 atom stereocenters. The van der Waals surface area contributed by atoms with E-state index in [9.17, 15) is 9.59 Å². The monoisotopic (exact) mass is 364 g/mol. The fraction of sp³-hybridized carbons (Fsp3) is 0.304. The Labute approximate surface area is 159 Å². The average Bonchev–Trinajstić information content (AvgIpc) is 3.07. The van der Waals surface area contributed by atoms with Crippen LogP contribution in [0, 0.1) is 6.92 Å². The van der Waals surface area contributed by atoms with Crippen LogP contribution in [0.15, 0.2) is 47.1 Å². The molecule has 27 heavy (non-hydrogen) atoms. The average molecular weight is 364 g/mol. The maximum Gasteiger partial charge on any atom is 0.310 e. The van der Waals surface area contributed by atoms with Gasteiger partial charge in [-0.05, 0) is 48.6 Å². The lowest BCUT2D eigenvalue weighted by Gasteiger charge is -2.10. The zero-order valence-electron chi connectivity index (χ0n) is 16.0. The highest BCUT2D eigenvalue weighted by Gasteiger charge is 2.16. The minimum absolute atomic E-state index is 0.0823. The Hall–Kier alpha value is -2.88. The van der Waals surface area contributed by atoms with Crippen LogP contribution in [0.5, 0.6) is 0 Å². The molecule has 0 saturated carbocycles. The number of ether oxygens (including phenoxy) is 1. The number of esters is 1. The van der Waals surface area contributed by atoms with Gasteiger partial charge in [0.05, 0.1) is 12.7 Å². The lowest BCUT2D eigenvalue weighted by atomic mass is 9.98. The molecule has 3 aromatic rings. The van der Waals surface area contributed by atoms with Gasteiger partial charge in [0.2, 0.25) is 5.78 Å². The molecule has 4 heteroatoms. The van der Waals surface area contributed by atoms with Gasteiger partial charge in [-0.3, -0.25) is 9.59 Å². The second-order valence-electron chi connectivity index (χ2n) is 6.72. The topological polar surface area (TPSA) is 56.5 Å². The van der Waals surface area contributed by atoms with Crippen molar-refractivity contribution in [2.45, 2.75) is 40.0 Å². The first kappa shape index (κ1) is 18.9. The molecule has 0 radical (unpaired) electrons. The van der Waals surface area contributed by atoms with Crippen molar-refractivity contribution in [1.82, 2.24) is 0 Å². The normalized spacial score (nSPS) is 10.9. The molecule has 0 N–H and O–H groups in total. The molecule has 140 valence electrons. The van der Waals surface area contributed by atoms with Crippen molar-refractivity contribution in [2.24, 2.45) is 0 Å². The minimum atomic E-state index is -0.434. The van der Waals surface area contributed by atoms with E-state index in [0.29, 0.717) is 5.56 Å². The maximum atomic E-state index is 12.6. The van der Waals surface area contributed by atoms with Gasteiger partial charge in [-0.1, -0.05) is 38.1 Å². The van der Waals surface area contributed by atoms with Gasteiger partial charge in [0, 0.05) is 16.5 Å². The van der Waals surface area contributed by atoms with E-state index in [0.717, 1.165) is 46.1 Å². The van der Waals surface area contributed by atoms with Crippen LogP contribution in [0.2, 0.25) is 0 Å². The quantitative estimate of drug-likeness (QED) is 0.445. The Morgan fingerprint density at radius 1 is 1.00 bits per heavy atom. The van der Waals surface area contributed by atoms with Gasteiger partial charge in [-0.25, -0.2) is 0 Å². The van der Waals surface area contributed by atoms with Gasteiger partial charge in [0.1, 0.15) is 5.58 Å². The standard InChI is InChI=1S/C23H24O4/c1-4-16-7-8-17(5-2)20(11-16)21(24)14-27-23(25)12-18-13-26-22-10-15(3)6-9-19(18)22/h6-11,13H,4-5,12,14H2,1-3H3. The summed E-state index contributed by atoms with van der Waals surface area (Å²) in [5.41, 5.74) is 5.33. The number of aryl methyl sites for hydroxylation is 3. The lowest BCUT2D eigenvalue weighted by molar-refractivity contribution is -0.141. The van der Waals surface area contributed by atoms with Crippen LogP contribution in [0.1, 0.15) is 46.5 Å². The Balaban J connectivity index is 1.66. The van der Waals surface area contributed by atoms with E-state index >= 15 is 0 Å². The summed E-state index contributed by atoms with van der Waals surface area (Å²) in [6, 6.07) is 11.8. The van der Waals surface area contributed by atoms with Crippen molar-refractivity contribution in [3.8, 4) is 0 Å². The van der Waals surface area contributed by atoms with E-state index in [1.165, 1.54) is 0 Å². The summed E-state index contributed by atoms with van der Waals surface area (Å²) in [4.78, 5) is 24.8. The molecule has 2 aromatic carbocycles. The summed E-state index contributed by atoms with van der Waals surface area (Å²) in [7, 11) is 0. The molecule has 1 aromatic heterocycles. The molecule has 0 amide bonds. The largest absolute Gasteiger partial charge is 0.464 e. The first-order valence-corrected chi connectivity index (χ1v) is 9.29. The zero-order valence-corrected chi connectivity index (χ0v) is 16.0. The predicted molar refractivity (Wildman–Crippen MR) is 105 cm³/mol. The highest BCUT2D eigenvalue weighted by Crippen LogP contribution is 2.23. The number of ketones is 1. The lowest BCUT2D eigenvalue weighted by Crippen LogP contribution is -2.17. The third kappa shape index (κ3) is 4.27. The molecule has 0 aliphatic carbocycles. The van der Waals surface area contributed by atoms with Crippen LogP contribution < -0.4 is 0 Å². The van der Waals surface area contributed by atoms with Crippen LogP contribution in [-0.4, -0.2) is 18.4 Å². The number of benzene rings is 2. The Morgan fingerprint density at radius 3 is 2.56 bits per heavy atom. The van der Waals surface area contributed by atoms with Crippen molar-refractivity contribution in [3.63, 3.8) is 0 Å². The molecule has 3 rings (SSSR count). The van der Waals surface area contributed by atoms with Gasteiger partial charge >= 0.3 is 5.97 Å². The van der Waals surface area contributed by atoms with E-state index in [-0.39, 0.29) is 18.8 Å². The summed E-state index contributed by atoms with van der Waals surface area (Å²) >= 11 is 0. The summed E-state index contributed by atoms with van der Waals surface area (Å²) < 4.78 is 10.8. The van der Waals surface area contributed by atoms with Crippen molar-refractivity contribution >= 4 is 22.7 Å². The van der Waals surface area contributed by atoms with Gasteiger partial charge in [-0.15, -0.1) is 0 Å². The van der Waals surface area contributed by atoms with Gasteiger partial charge < -0.3 is 9.15 Å². The van der Waals surface area contributed by atoms with Crippen LogP contribution in [0.4, 0.5) is 0 Å². The Bertz CT molecular complexity index is 981. The highest BCUT2D eigenvalue weighted by atomic mass is 16.5.